The van der Waals surface area contributed by atoms with E-state index in [1.807, 2.05) is 6.07 Å². The second-order valence-corrected chi connectivity index (χ2v) is 4.25. The van der Waals surface area contributed by atoms with Crippen molar-refractivity contribution in [3.8, 4) is 0 Å². The molecule has 0 bridgehead atoms. The molecule has 6 heteroatoms. The van der Waals surface area contributed by atoms with Gasteiger partial charge < -0.3 is 15.2 Å². The first-order chi connectivity index (χ1) is 8.75. The summed E-state index contributed by atoms with van der Waals surface area (Å²) < 4.78 is 6.83. The zero-order chi connectivity index (χ0) is 12.5. The molecule has 6 nitrogen and oxygen atoms in total. The van der Waals surface area contributed by atoms with Crippen molar-refractivity contribution in [3.63, 3.8) is 0 Å². The van der Waals surface area contributed by atoms with Gasteiger partial charge in [0.05, 0.1) is 12.6 Å². The Morgan fingerprint density at radius 2 is 2.44 bits per heavy atom. The van der Waals surface area contributed by atoms with Crippen LogP contribution in [0.5, 0.6) is 0 Å². The summed E-state index contributed by atoms with van der Waals surface area (Å²) in [5.74, 6) is -0.584. The molecule has 0 radical (unpaired) electrons. The number of fused-ring (bicyclic) bond motifs is 1. The van der Waals surface area contributed by atoms with Gasteiger partial charge >= 0.3 is 5.97 Å². The molecule has 3 rings (SSSR count). The highest BCUT2D eigenvalue weighted by Crippen LogP contribution is 2.20. The molecule has 94 valence electrons. The van der Waals surface area contributed by atoms with Crippen molar-refractivity contribution in [2.75, 3.05) is 18.5 Å². The Morgan fingerprint density at radius 1 is 1.56 bits per heavy atom. The quantitative estimate of drug-likeness (QED) is 0.853. The highest BCUT2D eigenvalue weighted by Gasteiger charge is 2.22. The minimum absolute atomic E-state index is 0.132. The fourth-order valence-electron chi connectivity index (χ4n) is 2.14. The molecule has 1 unspecified atom stereocenters. The van der Waals surface area contributed by atoms with Crippen LogP contribution in [0.3, 0.4) is 0 Å². The van der Waals surface area contributed by atoms with E-state index in [1.54, 1.807) is 22.7 Å². The zero-order valence-corrected chi connectivity index (χ0v) is 9.67. The van der Waals surface area contributed by atoms with E-state index < -0.39 is 5.97 Å². The van der Waals surface area contributed by atoms with Crippen molar-refractivity contribution in [2.45, 2.75) is 12.5 Å². The van der Waals surface area contributed by atoms with Crippen molar-refractivity contribution in [1.82, 2.24) is 9.38 Å². The van der Waals surface area contributed by atoms with Gasteiger partial charge in [-0.25, -0.2) is 9.78 Å². The maximum Gasteiger partial charge on any atom is 0.356 e. The Balaban J connectivity index is 2.03. The van der Waals surface area contributed by atoms with Crippen LogP contribution in [0.15, 0.2) is 24.4 Å². The summed E-state index contributed by atoms with van der Waals surface area (Å²) in [5, 5.41) is 12.4. The normalized spacial score (nSPS) is 19.2. The minimum Gasteiger partial charge on any atom is -0.476 e. The first-order valence-corrected chi connectivity index (χ1v) is 5.80. The van der Waals surface area contributed by atoms with Crippen LogP contribution < -0.4 is 5.32 Å². The number of nitrogens with zero attached hydrogens (tertiary/aromatic N) is 2. The van der Waals surface area contributed by atoms with E-state index in [0.717, 1.165) is 6.42 Å². The van der Waals surface area contributed by atoms with E-state index in [-0.39, 0.29) is 11.7 Å². The molecule has 2 aromatic rings. The predicted molar refractivity (Wildman–Crippen MR) is 65.0 cm³/mol. The van der Waals surface area contributed by atoms with E-state index >= 15 is 0 Å². The maximum absolute atomic E-state index is 11.3. The number of ether oxygens (including phenoxy) is 1. The van der Waals surface area contributed by atoms with Gasteiger partial charge in [0.2, 0.25) is 0 Å². The van der Waals surface area contributed by atoms with Gasteiger partial charge in [-0.15, -0.1) is 0 Å². The highest BCUT2D eigenvalue weighted by atomic mass is 16.5. The number of pyridine rings is 1. The predicted octanol–water partition coefficient (Wildman–Crippen LogP) is 1.23. The highest BCUT2D eigenvalue weighted by molar-refractivity contribution is 5.93. The molecule has 0 amide bonds. The Labute approximate surface area is 103 Å². The van der Waals surface area contributed by atoms with E-state index in [9.17, 15) is 9.90 Å². The number of hydrogen-bond acceptors (Lipinski definition) is 4. The summed E-state index contributed by atoms with van der Waals surface area (Å²) in [7, 11) is 0. The van der Waals surface area contributed by atoms with Crippen LogP contribution in [0.2, 0.25) is 0 Å². The van der Waals surface area contributed by atoms with Gasteiger partial charge in [-0.05, 0) is 18.6 Å². The van der Waals surface area contributed by atoms with Crippen molar-refractivity contribution < 1.29 is 14.6 Å². The summed E-state index contributed by atoms with van der Waals surface area (Å²) in [5.41, 5.74) is 0.786. The number of rotatable bonds is 3. The smallest absolute Gasteiger partial charge is 0.356 e. The van der Waals surface area contributed by atoms with Crippen LogP contribution in [0.4, 0.5) is 5.82 Å². The van der Waals surface area contributed by atoms with Gasteiger partial charge in [0.1, 0.15) is 5.65 Å². The van der Waals surface area contributed by atoms with E-state index in [2.05, 4.69) is 10.3 Å². The van der Waals surface area contributed by atoms with E-state index in [1.165, 1.54) is 0 Å². The number of hydrogen-bond donors (Lipinski definition) is 2. The average molecular weight is 247 g/mol. The fraction of sp³-hybridized carbons (Fsp3) is 0.333. The number of imidazole rings is 1. The summed E-state index contributed by atoms with van der Waals surface area (Å²) in [6, 6.07) is 5.52. The second-order valence-electron chi connectivity index (χ2n) is 4.25. The number of aromatic carboxylic acids is 1. The molecule has 1 fully saturated rings. The van der Waals surface area contributed by atoms with Crippen molar-refractivity contribution >= 4 is 17.4 Å². The van der Waals surface area contributed by atoms with Crippen molar-refractivity contribution in [3.05, 3.63) is 30.1 Å². The lowest BCUT2D eigenvalue weighted by atomic mass is 10.2. The molecular formula is C12H13N3O3. The molecule has 2 aromatic heterocycles. The third-order valence-electron chi connectivity index (χ3n) is 3.00. The van der Waals surface area contributed by atoms with Gasteiger partial charge in [-0.3, -0.25) is 4.40 Å². The van der Waals surface area contributed by atoms with Gasteiger partial charge in [-0.1, -0.05) is 6.07 Å². The summed E-state index contributed by atoms with van der Waals surface area (Å²) in [6.07, 6.45) is 2.56. The molecule has 0 spiro atoms. The molecule has 18 heavy (non-hydrogen) atoms. The molecule has 3 heterocycles. The zero-order valence-electron chi connectivity index (χ0n) is 9.67. The van der Waals surface area contributed by atoms with Crippen LogP contribution in [-0.4, -0.2) is 39.7 Å². The van der Waals surface area contributed by atoms with Crippen LogP contribution in [0.1, 0.15) is 16.9 Å². The number of carboxylic acid groups (broad SMARTS) is 1. The standard InChI is InChI=1S/C12H13N3O3/c16-12(17)10-11(13-8-4-6-18-7-8)14-9-3-1-2-5-15(9)10/h1-3,5,8,13H,4,6-7H2,(H,16,17). The Kier molecular flexibility index (Phi) is 2.64. The van der Waals surface area contributed by atoms with Crippen LogP contribution in [0.25, 0.3) is 5.65 Å². The molecular weight excluding hydrogens is 234 g/mol. The van der Waals surface area contributed by atoms with E-state index in [4.69, 9.17) is 4.74 Å². The largest absolute Gasteiger partial charge is 0.476 e. The maximum atomic E-state index is 11.3. The molecule has 1 aliphatic rings. The van der Waals surface area contributed by atoms with Gasteiger partial charge in [0.25, 0.3) is 0 Å². The average Bonchev–Trinajstić information content (AvgIpc) is 2.95. The molecule has 1 saturated heterocycles. The molecule has 0 aliphatic carbocycles. The Morgan fingerprint density at radius 3 is 3.17 bits per heavy atom. The fourth-order valence-corrected chi connectivity index (χ4v) is 2.14. The number of carbonyl (C=O) groups is 1. The first kappa shape index (κ1) is 11.0. The van der Waals surface area contributed by atoms with E-state index in [0.29, 0.717) is 24.7 Å². The topological polar surface area (TPSA) is 75.9 Å². The summed E-state index contributed by atoms with van der Waals surface area (Å²) in [4.78, 5) is 15.7. The first-order valence-electron chi connectivity index (χ1n) is 5.80. The lowest BCUT2D eigenvalue weighted by molar-refractivity contribution is 0.0690. The molecule has 0 aromatic carbocycles. The van der Waals surface area contributed by atoms with Gasteiger partial charge in [0, 0.05) is 12.8 Å². The summed E-state index contributed by atoms with van der Waals surface area (Å²) >= 11 is 0. The van der Waals surface area contributed by atoms with Crippen LogP contribution >= 0.6 is 0 Å². The van der Waals surface area contributed by atoms with Gasteiger partial charge in [-0.2, -0.15) is 0 Å². The summed E-state index contributed by atoms with van der Waals surface area (Å²) in [6.45, 7) is 1.29. The third kappa shape index (κ3) is 1.80. The number of nitrogens with one attached hydrogen (secondary N) is 1. The molecule has 1 atom stereocenters. The van der Waals surface area contributed by atoms with Crippen LogP contribution in [0, 0.1) is 0 Å². The number of carboxylic acids is 1. The number of anilines is 1. The molecule has 0 saturated carbocycles. The second kappa shape index (κ2) is 4.30. The minimum atomic E-state index is -0.991. The SMILES string of the molecule is O=C(O)c1c(NC2CCOC2)nc2ccccn12. The van der Waals surface area contributed by atoms with Crippen molar-refractivity contribution in [1.29, 1.82) is 0 Å². The Hall–Kier alpha value is -2.08. The number of aromatic nitrogens is 2. The van der Waals surface area contributed by atoms with Crippen LogP contribution in [-0.2, 0) is 4.74 Å². The Bertz CT molecular complexity index is 587. The monoisotopic (exact) mass is 247 g/mol. The lowest BCUT2D eigenvalue weighted by Gasteiger charge is -2.09. The van der Waals surface area contributed by atoms with Gasteiger partial charge in [0.15, 0.2) is 11.5 Å². The lowest BCUT2D eigenvalue weighted by Crippen LogP contribution is -2.21. The molecule has 1 aliphatic heterocycles. The third-order valence-corrected chi connectivity index (χ3v) is 3.00. The van der Waals surface area contributed by atoms with Crippen molar-refractivity contribution in [2.24, 2.45) is 0 Å². The molecule has 2 N–H and O–H groups in total.